The molecule has 2 aliphatic heterocycles. The molecule has 2 N–H and O–H groups in total. The number of nitrogens with one attached hydrogen (secondary N) is 2. The normalized spacial score (nSPS) is 27.1. The Hall–Kier alpha value is -0.120. The van der Waals surface area contributed by atoms with E-state index in [-0.39, 0.29) is 24.0 Å². The molecule has 3 fully saturated rings. The molecule has 0 amide bonds. The Bertz CT molecular complexity index is 426. The molecule has 158 valence electrons. The van der Waals surface area contributed by atoms with E-state index in [9.17, 15) is 0 Å². The first kappa shape index (κ1) is 23.2. The van der Waals surface area contributed by atoms with Crippen LogP contribution in [0.4, 0.5) is 0 Å². The average Bonchev–Trinajstić information content (AvgIpc) is 3.41. The summed E-state index contributed by atoms with van der Waals surface area (Å²) in [5, 5.41) is 7.02. The van der Waals surface area contributed by atoms with Gasteiger partial charge in [0.05, 0.1) is 13.2 Å². The molecule has 7 heteroatoms. The molecule has 2 unspecified atom stereocenters. The zero-order chi connectivity index (χ0) is 18.0. The van der Waals surface area contributed by atoms with E-state index in [4.69, 9.17) is 9.47 Å². The number of rotatable bonds is 9. The summed E-state index contributed by atoms with van der Waals surface area (Å²) in [7, 11) is 1.86. The van der Waals surface area contributed by atoms with Crippen molar-refractivity contribution in [1.29, 1.82) is 0 Å². The lowest BCUT2D eigenvalue weighted by atomic mass is 10.1. The second-order valence-corrected chi connectivity index (χ2v) is 8.20. The number of ether oxygens (including phenoxy) is 2. The molecule has 0 aromatic rings. The highest BCUT2D eigenvalue weighted by Gasteiger charge is 2.26. The number of guanidine groups is 1. The van der Waals surface area contributed by atoms with E-state index in [1.807, 2.05) is 7.05 Å². The molecule has 27 heavy (non-hydrogen) atoms. The molecular formula is C20H39IN4O2. The van der Waals surface area contributed by atoms with Crippen LogP contribution in [0.1, 0.15) is 44.9 Å². The fourth-order valence-corrected chi connectivity index (χ4v) is 4.41. The molecular weight excluding hydrogens is 455 g/mol. The molecule has 1 saturated carbocycles. The van der Waals surface area contributed by atoms with E-state index in [1.165, 1.54) is 45.2 Å². The van der Waals surface area contributed by atoms with Crippen LogP contribution in [0.5, 0.6) is 0 Å². The Morgan fingerprint density at radius 3 is 2.78 bits per heavy atom. The lowest BCUT2D eigenvalue weighted by Gasteiger charge is -2.21. The van der Waals surface area contributed by atoms with E-state index < -0.39 is 0 Å². The summed E-state index contributed by atoms with van der Waals surface area (Å²) >= 11 is 0. The zero-order valence-corrected chi connectivity index (χ0v) is 19.3. The summed E-state index contributed by atoms with van der Waals surface area (Å²) in [6.45, 7) is 8.00. The molecule has 1 aliphatic carbocycles. The SMILES string of the molecule is CN=C(NCCCOCC1CCOC1)NC1CCN(CC2CCCC2)C1.I. The van der Waals surface area contributed by atoms with Crippen molar-refractivity contribution >= 4 is 29.9 Å². The number of hydrogen-bond acceptors (Lipinski definition) is 4. The number of hydrogen-bond donors (Lipinski definition) is 2. The molecule has 2 heterocycles. The molecule has 0 bridgehead atoms. The van der Waals surface area contributed by atoms with Gasteiger partial charge in [0.15, 0.2) is 5.96 Å². The van der Waals surface area contributed by atoms with Gasteiger partial charge >= 0.3 is 0 Å². The average molecular weight is 494 g/mol. The van der Waals surface area contributed by atoms with Crippen molar-refractivity contribution in [2.45, 2.75) is 51.0 Å². The van der Waals surface area contributed by atoms with Crippen molar-refractivity contribution in [2.24, 2.45) is 16.8 Å². The van der Waals surface area contributed by atoms with Crippen LogP contribution in [-0.4, -0.2) is 76.6 Å². The smallest absolute Gasteiger partial charge is 0.191 e. The number of nitrogens with zero attached hydrogens (tertiary/aromatic N) is 2. The van der Waals surface area contributed by atoms with Crippen molar-refractivity contribution in [3.8, 4) is 0 Å². The van der Waals surface area contributed by atoms with E-state index in [1.54, 1.807) is 0 Å². The molecule has 3 aliphatic rings. The van der Waals surface area contributed by atoms with Gasteiger partial charge in [-0.25, -0.2) is 0 Å². The second-order valence-electron chi connectivity index (χ2n) is 8.20. The summed E-state index contributed by atoms with van der Waals surface area (Å²) in [6, 6.07) is 0.529. The van der Waals surface area contributed by atoms with Crippen LogP contribution in [-0.2, 0) is 9.47 Å². The number of likely N-dealkylation sites (tertiary alicyclic amines) is 1. The minimum absolute atomic E-state index is 0. The van der Waals surface area contributed by atoms with Crippen molar-refractivity contribution in [1.82, 2.24) is 15.5 Å². The number of halogens is 1. The van der Waals surface area contributed by atoms with Gasteiger partial charge in [-0.05, 0) is 38.0 Å². The quantitative estimate of drug-likeness (QED) is 0.223. The first-order valence-electron chi connectivity index (χ1n) is 10.7. The van der Waals surface area contributed by atoms with E-state index in [0.29, 0.717) is 12.0 Å². The Kier molecular flexibility index (Phi) is 11.3. The minimum atomic E-state index is 0. The van der Waals surface area contributed by atoms with Gasteiger partial charge in [0.25, 0.3) is 0 Å². The fraction of sp³-hybridized carbons (Fsp3) is 0.950. The van der Waals surface area contributed by atoms with E-state index in [2.05, 4.69) is 20.5 Å². The maximum Gasteiger partial charge on any atom is 0.191 e. The summed E-state index contributed by atoms with van der Waals surface area (Å²) < 4.78 is 11.1. The third kappa shape index (κ3) is 8.41. The highest BCUT2D eigenvalue weighted by Crippen LogP contribution is 2.26. The van der Waals surface area contributed by atoms with Gasteiger partial charge in [0, 0.05) is 58.4 Å². The highest BCUT2D eigenvalue weighted by molar-refractivity contribution is 14.0. The van der Waals surface area contributed by atoms with E-state index >= 15 is 0 Å². The number of aliphatic imine (C=N–C) groups is 1. The van der Waals surface area contributed by atoms with Gasteiger partial charge in [0.2, 0.25) is 0 Å². The first-order valence-corrected chi connectivity index (χ1v) is 10.7. The Morgan fingerprint density at radius 1 is 1.19 bits per heavy atom. The Labute approximate surface area is 182 Å². The molecule has 0 aromatic carbocycles. The maximum absolute atomic E-state index is 5.76. The Balaban J connectivity index is 0.00000261. The molecule has 6 nitrogen and oxygen atoms in total. The standard InChI is InChI=1S/C20H38N4O2.HI/c1-21-20(22-9-4-11-25-15-18-8-12-26-16-18)23-19-7-10-24(14-19)13-17-5-2-3-6-17;/h17-19H,2-16H2,1H3,(H2,21,22,23);1H. The third-order valence-corrected chi connectivity index (χ3v) is 5.96. The molecule has 0 spiro atoms. The maximum atomic E-state index is 5.76. The van der Waals surface area contributed by atoms with Gasteiger partial charge in [-0.2, -0.15) is 0 Å². The Morgan fingerprint density at radius 2 is 2.04 bits per heavy atom. The van der Waals surface area contributed by atoms with Crippen molar-refractivity contribution in [3.63, 3.8) is 0 Å². The van der Waals surface area contributed by atoms with Crippen LogP contribution in [0.25, 0.3) is 0 Å². The fourth-order valence-electron chi connectivity index (χ4n) is 4.41. The van der Waals surface area contributed by atoms with Gasteiger partial charge in [0.1, 0.15) is 0 Å². The predicted molar refractivity (Wildman–Crippen MR) is 121 cm³/mol. The lowest BCUT2D eigenvalue weighted by Crippen LogP contribution is -2.45. The summed E-state index contributed by atoms with van der Waals surface area (Å²) in [6.07, 6.45) is 9.13. The van der Waals surface area contributed by atoms with Crippen LogP contribution in [0.15, 0.2) is 4.99 Å². The largest absolute Gasteiger partial charge is 0.381 e. The third-order valence-electron chi connectivity index (χ3n) is 5.96. The molecule has 3 rings (SSSR count). The van der Waals surface area contributed by atoms with E-state index in [0.717, 1.165) is 64.2 Å². The summed E-state index contributed by atoms with van der Waals surface area (Å²) in [5.41, 5.74) is 0. The second kappa shape index (κ2) is 13.2. The van der Waals surface area contributed by atoms with Crippen LogP contribution < -0.4 is 10.6 Å². The van der Waals surface area contributed by atoms with Crippen molar-refractivity contribution < 1.29 is 9.47 Å². The highest BCUT2D eigenvalue weighted by atomic mass is 127. The van der Waals surface area contributed by atoms with Crippen molar-refractivity contribution in [2.75, 3.05) is 59.7 Å². The lowest BCUT2D eigenvalue weighted by molar-refractivity contribution is 0.0888. The topological polar surface area (TPSA) is 58.1 Å². The minimum Gasteiger partial charge on any atom is -0.381 e. The molecule has 2 atom stereocenters. The van der Waals surface area contributed by atoms with Gasteiger partial charge < -0.3 is 25.0 Å². The van der Waals surface area contributed by atoms with Crippen LogP contribution >= 0.6 is 24.0 Å². The van der Waals surface area contributed by atoms with Crippen LogP contribution in [0, 0.1) is 11.8 Å². The predicted octanol–water partition coefficient (Wildman–Crippen LogP) is 2.48. The van der Waals surface area contributed by atoms with Crippen LogP contribution in [0.3, 0.4) is 0 Å². The zero-order valence-electron chi connectivity index (χ0n) is 17.0. The van der Waals surface area contributed by atoms with Gasteiger partial charge in [-0.15, -0.1) is 24.0 Å². The van der Waals surface area contributed by atoms with Crippen LogP contribution in [0.2, 0.25) is 0 Å². The molecule has 2 saturated heterocycles. The summed E-state index contributed by atoms with van der Waals surface area (Å²) in [5.74, 6) is 2.48. The molecule has 0 aromatic heterocycles. The molecule has 0 radical (unpaired) electrons. The van der Waals surface area contributed by atoms with Gasteiger partial charge in [-0.3, -0.25) is 4.99 Å². The van der Waals surface area contributed by atoms with Gasteiger partial charge in [-0.1, -0.05) is 12.8 Å². The monoisotopic (exact) mass is 494 g/mol. The summed E-state index contributed by atoms with van der Waals surface area (Å²) in [4.78, 5) is 7.02. The first-order chi connectivity index (χ1) is 12.8. The van der Waals surface area contributed by atoms with Crippen molar-refractivity contribution in [3.05, 3.63) is 0 Å².